The number of nitrogens with zero attached hydrogens (tertiary/aromatic N) is 2. The van der Waals surface area contributed by atoms with Crippen molar-refractivity contribution in [1.29, 1.82) is 0 Å². The van der Waals surface area contributed by atoms with Gasteiger partial charge in [-0.15, -0.1) is 4.98 Å². The zero-order valence-corrected chi connectivity index (χ0v) is 7.98. The molecule has 5 heteroatoms. The molecule has 0 aliphatic heterocycles. The Balaban J connectivity index is 2.41. The summed E-state index contributed by atoms with van der Waals surface area (Å²) >= 11 is 3.30. The van der Waals surface area contributed by atoms with Crippen molar-refractivity contribution in [3.05, 3.63) is 28.7 Å². The van der Waals surface area contributed by atoms with E-state index in [-0.39, 0.29) is 0 Å². The molecule has 0 unspecified atom stereocenters. The molecule has 1 aromatic heterocycles. The molecule has 0 bridgehead atoms. The van der Waals surface area contributed by atoms with Crippen LogP contribution in [0.25, 0.3) is 11.4 Å². The number of rotatable bonds is 1. The lowest BCUT2D eigenvalue weighted by Gasteiger charge is -1.92. The summed E-state index contributed by atoms with van der Waals surface area (Å²) in [7, 11) is 0. The highest BCUT2D eigenvalue weighted by molar-refractivity contribution is 9.10. The van der Waals surface area contributed by atoms with E-state index in [4.69, 9.17) is 0 Å². The molecule has 1 aromatic carbocycles. The molecule has 4 nitrogen and oxygen atoms in total. The molecule has 0 saturated heterocycles. The van der Waals surface area contributed by atoms with Gasteiger partial charge in [-0.1, -0.05) is 21.1 Å². The summed E-state index contributed by atoms with van der Waals surface area (Å²) in [5, 5.41) is 14.1. The van der Waals surface area contributed by atoms with Crippen LogP contribution in [-0.4, -0.2) is 10.1 Å². The Morgan fingerprint density at radius 2 is 1.92 bits per heavy atom. The number of benzene rings is 1. The molecular formula is C8H4BrN2O2. The SMILES string of the molecule is [O]c1nc(-c2ccc(Br)cc2)no1. The second-order valence-corrected chi connectivity index (χ2v) is 3.31. The van der Waals surface area contributed by atoms with Gasteiger partial charge in [0.05, 0.1) is 0 Å². The van der Waals surface area contributed by atoms with Gasteiger partial charge in [-0.25, -0.2) is 5.11 Å². The van der Waals surface area contributed by atoms with Gasteiger partial charge in [-0.3, -0.25) is 4.52 Å². The van der Waals surface area contributed by atoms with Gasteiger partial charge in [-0.05, 0) is 24.3 Å². The molecule has 0 N–H and O–H groups in total. The molecule has 1 heterocycles. The molecule has 65 valence electrons. The van der Waals surface area contributed by atoms with Crippen LogP contribution in [0.4, 0.5) is 0 Å². The van der Waals surface area contributed by atoms with Gasteiger partial charge in [0.1, 0.15) is 0 Å². The van der Waals surface area contributed by atoms with Gasteiger partial charge in [0.25, 0.3) is 0 Å². The fourth-order valence-corrected chi connectivity index (χ4v) is 1.19. The van der Waals surface area contributed by atoms with Crippen LogP contribution in [0.1, 0.15) is 0 Å². The second kappa shape index (κ2) is 3.18. The van der Waals surface area contributed by atoms with Crippen LogP contribution in [-0.2, 0) is 5.11 Å². The molecule has 0 aliphatic carbocycles. The van der Waals surface area contributed by atoms with Gasteiger partial charge in [0.2, 0.25) is 5.82 Å². The highest BCUT2D eigenvalue weighted by atomic mass is 79.9. The molecule has 0 fully saturated rings. The molecule has 2 rings (SSSR count). The Labute approximate surface area is 82.3 Å². The number of aromatic nitrogens is 2. The van der Waals surface area contributed by atoms with Crippen molar-refractivity contribution in [1.82, 2.24) is 10.1 Å². The van der Waals surface area contributed by atoms with Crippen molar-refractivity contribution in [2.75, 3.05) is 0 Å². The predicted molar refractivity (Wildman–Crippen MR) is 47.6 cm³/mol. The van der Waals surface area contributed by atoms with Crippen molar-refractivity contribution >= 4 is 15.9 Å². The summed E-state index contributed by atoms with van der Waals surface area (Å²) in [6.07, 6.45) is -0.669. The minimum absolute atomic E-state index is 0.317. The topological polar surface area (TPSA) is 58.8 Å². The largest absolute Gasteiger partial charge is 0.462 e. The summed E-state index contributed by atoms with van der Waals surface area (Å²) in [5.41, 5.74) is 0.758. The first kappa shape index (κ1) is 8.25. The Bertz CT molecular complexity index is 410. The zero-order valence-electron chi connectivity index (χ0n) is 6.40. The van der Waals surface area contributed by atoms with Crippen LogP contribution in [0, 0.1) is 0 Å². The number of halogens is 1. The van der Waals surface area contributed by atoms with Crippen molar-refractivity contribution in [2.45, 2.75) is 0 Å². The summed E-state index contributed by atoms with van der Waals surface area (Å²) in [4.78, 5) is 3.56. The van der Waals surface area contributed by atoms with Gasteiger partial charge < -0.3 is 0 Å². The van der Waals surface area contributed by atoms with Crippen LogP contribution in [0.2, 0.25) is 0 Å². The molecule has 1 radical (unpaired) electrons. The molecule has 0 spiro atoms. The van der Waals surface area contributed by atoms with E-state index in [1.54, 1.807) is 12.1 Å². The summed E-state index contributed by atoms with van der Waals surface area (Å²) in [6.45, 7) is 0. The van der Waals surface area contributed by atoms with Gasteiger partial charge in [-0.2, -0.15) is 0 Å². The average Bonchev–Trinajstić information content (AvgIpc) is 2.53. The maximum absolute atomic E-state index is 10.6. The fraction of sp³-hybridized carbons (Fsp3) is 0. The minimum atomic E-state index is -0.669. The maximum atomic E-state index is 10.6. The summed E-state index contributed by atoms with van der Waals surface area (Å²) in [6, 6.07) is 7.29. The minimum Gasteiger partial charge on any atom is -0.294 e. The molecule has 0 atom stereocenters. The van der Waals surface area contributed by atoms with Crippen LogP contribution in [0.5, 0.6) is 6.08 Å². The van der Waals surface area contributed by atoms with E-state index in [1.807, 2.05) is 12.1 Å². The van der Waals surface area contributed by atoms with Gasteiger partial charge >= 0.3 is 6.08 Å². The summed E-state index contributed by atoms with van der Waals surface area (Å²) < 4.78 is 5.28. The molecule has 2 aromatic rings. The molecule has 0 saturated carbocycles. The van der Waals surface area contributed by atoms with Crippen molar-refractivity contribution in [3.8, 4) is 17.5 Å². The second-order valence-electron chi connectivity index (χ2n) is 2.39. The smallest absolute Gasteiger partial charge is 0.294 e. The predicted octanol–water partition coefficient (Wildman–Crippen LogP) is 2.64. The van der Waals surface area contributed by atoms with Crippen LogP contribution < -0.4 is 0 Å². The lowest BCUT2D eigenvalue weighted by Crippen LogP contribution is -1.78. The third-order valence-electron chi connectivity index (χ3n) is 1.51. The van der Waals surface area contributed by atoms with Crippen LogP contribution >= 0.6 is 15.9 Å². The lowest BCUT2D eigenvalue weighted by atomic mass is 10.2. The first-order valence-electron chi connectivity index (χ1n) is 3.52. The lowest BCUT2D eigenvalue weighted by molar-refractivity contribution is 0.205. The average molecular weight is 240 g/mol. The first-order chi connectivity index (χ1) is 6.25. The van der Waals surface area contributed by atoms with Crippen LogP contribution in [0.15, 0.2) is 33.3 Å². The first-order valence-corrected chi connectivity index (χ1v) is 4.31. The van der Waals surface area contributed by atoms with E-state index in [1.165, 1.54) is 0 Å². The quantitative estimate of drug-likeness (QED) is 0.769. The third-order valence-corrected chi connectivity index (χ3v) is 2.04. The van der Waals surface area contributed by atoms with Gasteiger partial charge in [0, 0.05) is 10.0 Å². The molecular weight excluding hydrogens is 236 g/mol. The van der Waals surface area contributed by atoms with E-state index in [2.05, 4.69) is 30.6 Å². The zero-order chi connectivity index (χ0) is 9.26. The Morgan fingerprint density at radius 1 is 1.23 bits per heavy atom. The van der Waals surface area contributed by atoms with Crippen LogP contribution in [0.3, 0.4) is 0 Å². The fourth-order valence-electron chi connectivity index (χ4n) is 0.926. The van der Waals surface area contributed by atoms with Crippen molar-refractivity contribution in [2.24, 2.45) is 0 Å². The molecule has 0 amide bonds. The maximum Gasteiger partial charge on any atom is 0.462 e. The van der Waals surface area contributed by atoms with E-state index in [0.717, 1.165) is 10.0 Å². The highest BCUT2D eigenvalue weighted by Crippen LogP contribution is 2.20. The van der Waals surface area contributed by atoms with Crippen molar-refractivity contribution in [3.63, 3.8) is 0 Å². The van der Waals surface area contributed by atoms with E-state index < -0.39 is 6.08 Å². The van der Waals surface area contributed by atoms with Gasteiger partial charge in [0.15, 0.2) is 0 Å². The monoisotopic (exact) mass is 239 g/mol. The van der Waals surface area contributed by atoms with Crippen molar-refractivity contribution < 1.29 is 9.63 Å². The standard InChI is InChI=1S/C8H4BrN2O2/c9-6-3-1-5(2-4-6)7-10-8(12)13-11-7/h1-4H. The molecule has 13 heavy (non-hydrogen) atoms. The third kappa shape index (κ3) is 1.70. The Morgan fingerprint density at radius 3 is 2.46 bits per heavy atom. The number of hydrogen-bond donors (Lipinski definition) is 0. The molecule has 0 aliphatic rings. The number of hydrogen-bond acceptors (Lipinski definition) is 3. The van der Waals surface area contributed by atoms with E-state index in [0.29, 0.717) is 5.82 Å². The Kier molecular flexibility index (Phi) is 2.02. The highest BCUT2D eigenvalue weighted by Gasteiger charge is 2.07. The summed E-state index contributed by atoms with van der Waals surface area (Å²) in [5.74, 6) is 0.317. The Hall–Kier alpha value is -1.36. The van der Waals surface area contributed by atoms with E-state index >= 15 is 0 Å². The normalized spacial score (nSPS) is 10.2. The van der Waals surface area contributed by atoms with E-state index in [9.17, 15) is 5.11 Å².